The van der Waals surface area contributed by atoms with E-state index in [9.17, 15) is 0 Å². The summed E-state index contributed by atoms with van der Waals surface area (Å²) < 4.78 is 2.25. The summed E-state index contributed by atoms with van der Waals surface area (Å²) in [5.41, 5.74) is 1.08. The molecule has 1 N–H and O–H groups in total. The quantitative estimate of drug-likeness (QED) is 0.737. The zero-order valence-electron chi connectivity index (χ0n) is 10.7. The molecule has 0 aliphatic rings. The zero-order chi connectivity index (χ0) is 13.7. The highest BCUT2D eigenvalue weighted by Gasteiger charge is 2.16. The van der Waals surface area contributed by atoms with Gasteiger partial charge in [0.25, 0.3) is 0 Å². The van der Waals surface area contributed by atoms with Crippen LogP contribution in [0.5, 0.6) is 0 Å². The molecule has 5 heteroatoms. The van der Waals surface area contributed by atoms with Crippen molar-refractivity contribution in [2.24, 2.45) is 0 Å². The SMILES string of the molecule is CCCNC(Cc1ccc(Br)s1)c1ncccc1Br. The van der Waals surface area contributed by atoms with Crippen LogP contribution in [0.15, 0.2) is 38.7 Å². The third kappa shape index (κ3) is 4.38. The van der Waals surface area contributed by atoms with E-state index in [-0.39, 0.29) is 6.04 Å². The molecule has 2 rings (SSSR count). The van der Waals surface area contributed by atoms with Crippen LogP contribution in [-0.4, -0.2) is 11.5 Å². The topological polar surface area (TPSA) is 24.9 Å². The number of hydrogen-bond donors (Lipinski definition) is 1. The Balaban J connectivity index is 2.18. The smallest absolute Gasteiger partial charge is 0.0718 e. The first-order valence-electron chi connectivity index (χ1n) is 6.28. The molecule has 0 aliphatic carbocycles. The lowest BCUT2D eigenvalue weighted by molar-refractivity contribution is 0.519. The van der Waals surface area contributed by atoms with Crippen molar-refractivity contribution in [3.05, 3.63) is 49.3 Å². The molecule has 1 atom stereocenters. The molecule has 0 saturated heterocycles. The fourth-order valence-electron chi connectivity index (χ4n) is 1.90. The van der Waals surface area contributed by atoms with Gasteiger partial charge in [0.2, 0.25) is 0 Å². The van der Waals surface area contributed by atoms with E-state index in [1.807, 2.05) is 18.3 Å². The number of pyridine rings is 1. The fourth-order valence-corrected chi connectivity index (χ4v) is 3.96. The number of rotatable bonds is 6. The largest absolute Gasteiger partial charge is 0.308 e. The van der Waals surface area contributed by atoms with Crippen molar-refractivity contribution in [1.82, 2.24) is 10.3 Å². The summed E-state index contributed by atoms with van der Waals surface area (Å²) in [6, 6.07) is 8.52. The van der Waals surface area contributed by atoms with E-state index in [4.69, 9.17) is 0 Å². The second kappa shape index (κ2) is 7.53. The summed E-state index contributed by atoms with van der Waals surface area (Å²) in [4.78, 5) is 5.88. The maximum atomic E-state index is 4.52. The number of halogens is 2. The van der Waals surface area contributed by atoms with Gasteiger partial charge >= 0.3 is 0 Å². The van der Waals surface area contributed by atoms with E-state index < -0.39 is 0 Å². The second-order valence-electron chi connectivity index (χ2n) is 4.29. The molecule has 0 saturated carbocycles. The van der Waals surface area contributed by atoms with Crippen LogP contribution >= 0.6 is 43.2 Å². The van der Waals surface area contributed by atoms with Crippen molar-refractivity contribution in [2.45, 2.75) is 25.8 Å². The Bertz CT molecular complexity index is 528. The average molecular weight is 404 g/mol. The van der Waals surface area contributed by atoms with E-state index >= 15 is 0 Å². The standard InChI is InChI=1S/C14H16Br2N2S/c1-2-7-17-12(9-10-5-6-13(16)19-10)14-11(15)4-3-8-18-14/h3-6,8,12,17H,2,7,9H2,1H3. The zero-order valence-corrected chi connectivity index (χ0v) is 14.7. The van der Waals surface area contributed by atoms with Gasteiger partial charge in [-0.15, -0.1) is 11.3 Å². The Kier molecular flexibility index (Phi) is 6.01. The number of nitrogens with zero attached hydrogens (tertiary/aromatic N) is 1. The lowest BCUT2D eigenvalue weighted by Crippen LogP contribution is -2.25. The third-order valence-electron chi connectivity index (χ3n) is 2.79. The Morgan fingerprint density at radius 1 is 1.32 bits per heavy atom. The minimum Gasteiger partial charge on any atom is -0.308 e. The van der Waals surface area contributed by atoms with Crippen LogP contribution in [0.1, 0.15) is 30.0 Å². The number of nitrogens with one attached hydrogen (secondary N) is 1. The molecular formula is C14H16Br2N2S. The molecule has 0 aliphatic heterocycles. The lowest BCUT2D eigenvalue weighted by Gasteiger charge is -2.18. The van der Waals surface area contributed by atoms with E-state index in [1.165, 1.54) is 8.66 Å². The molecule has 19 heavy (non-hydrogen) atoms. The predicted molar refractivity (Wildman–Crippen MR) is 88.7 cm³/mol. The van der Waals surface area contributed by atoms with Crippen LogP contribution in [0.2, 0.25) is 0 Å². The van der Waals surface area contributed by atoms with Gasteiger partial charge < -0.3 is 5.32 Å². The average Bonchev–Trinajstić information content (AvgIpc) is 2.81. The van der Waals surface area contributed by atoms with Crippen LogP contribution in [0.4, 0.5) is 0 Å². The number of aromatic nitrogens is 1. The number of hydrogen-bond acceptors (Lipinski definition) is 3. The van der Waals surface area contributed by atoms with Crippen LogP contribution in [-0.2, 0) is 6.42 Å². The van der Waals surface area contributed by atoms with Gasteiger partial charge in [0.15, 0.2) is 0 Å². The second-order valence-corrected chi connectivity index (χ2v) is 7.69. The molecular weight excluding hydrogens is 388 g/mol. The highest BCUT2D eigenvalue weighted by molar-refractivity contribution is 9.11. The molecule has 2 nitrogen and oxygen atoms in total. The molecule has 0 amide bonds. The van der Waals surface area contributed by atoms with E-state index in [1.54, 1.807) is 11.3 Å². The summed E-state index contributed by atoms with van der Waals surface area (Å²) in [5, 5.41) is 3.58. The molecule has 1 unspecified atom stereocenters. The Hall–Kier alpha value is -0.230. The van der Waals surface area contributed by atoms with Gasteiger partial charge in [-0.3, -0.25) is 4.98 Å². The molecule has 2 heterocycles. The van der Waals surface area contributed by atoms with Crippen LogP contribution in [0.3, 0.4) is 0 Å². The Morgan fingerprint density at radius 3 is 2.79 bits per heavy atom. The van der Waals surface area contributed by atoms with E-state index in [0.717, 1.165) is 29.6 Å². The summed E-state index contributed by atoms with van der Waals surface area (Å²) in [7, 11) is 0. The van der Waals surface area contributed by atoms with Crippen molar-refractivity contribution in [3.63, 3.8) is 0 Å². The molecule has 0 bridgehead atoms. The first-order chi connectivity index (χ1) is 9.20. The van der Waals surface area contributed by atoms with Gasteiger partial charge in [-0.25, -0.2) is 0 Å². The Labute approximate surface area is 134 Å². The normalized spacial score (nSPS) is 12.6. The molecule has 102 valence electrons. The van der Waals surface area contributed by atoms with Gasteiger partial charge in [0.05, 0.1) is 15.5 Å². The molecule has 0 fully saturated rings. The van der Waals surface area contributed by atoms with Crippen LogP contribution < -0.4 is 5.32 Å². The number of thiophene rings is 1. The molecule has 2 aromatic rings. The summed E-state index contributed by atoms with van der Waals surface area (Å²) >= 11 is 8.90. The lowest BCUT2D eigenvalue weighted by atomic mass is 10.1. The highest BCUT2D eigenvalue weighted by atomic mass is 79.9. The minimum atomic E-state index is 0.251. The molecule has 0 spiro atoms. The summed E-state index contributed by atoms with van der Waals surface area (Å²) in [6.45, 7) is 3.18. The first-order valence-corrected chi connectivity index (χ1v) is 8.69. The van der Waals surface area contributed by atoms with E-state index in [0.29, 0.717) is 0 Å². The third-order valence-corrected chi connectivity index (χ3v) is 5.11. The fraction of sp³-hybridized carbons (Fsp3) is 0.357. The van der Waals surface area contributed by atoms with Crippen LogP contribution in [0.25, 0.3) is 0 Å². The summed E-state index contributed by atoms with van der Waals surface area (Å²) in [5.74, 6) is 0. The van der Waals surface area contributed by atoms with Crippen molar-refractivity contribution in [3.8, 4) is 0 Å². The van der Waals surface area contributed by atoms with Gasteiger partial charge in [0.1, 0.15) is 0 Å². The van der Waals surface area contributed by atoms with E-state index in [2.05, 4.69) is 61.2 Å². The Morgan fingerprint density at radius 2 is 2.16 bits per heavy atom. The summed E-state index contributed by atoms with van der Waals surface area (Å²) in [6.07, 6.45) is 3.94. The van der Waals surface area contributed by atoms with Crippen molar-refractivity contribution in [1.29, 1.82) is 0 Å². The van der Waals surface area contributed by atoms with Crippen molar-refractivity contribution >= 4 is 43.2 Å². The van der Waals surface area contributed by atoms with Gasteiger partial charge in [-0.05, 0) is 69.1 Å². The van der Waals surface area contributed by atoms with Crippen LogP contribution in [0, 0.1) is 0 Å². The van der Waals surface area contributed by atoms with Gasteiger partial charge in [0, 0.05) is 22.0 Å². The van der Waals surface area contributed by atoms with Crippen molar-refractivity contribution in [2.75, 3.05) is 6.54 Å². The van der Waals surface area contributed by atoms with Gasteiger partial charge in [-0.1, -0.05) is 6.92 Å². The molecule has 0 radical (unpaired) electrons. The first kappa shape index (κ1) is 15.2. The maximum absolute atomic E-state index is 4.52. The molecule has 0 aromatic carbocycles. The predicted octanol–water partition coefficient (Wildman–Crippen LogP) is 4.95. The maximum Gasteiger partial charge on any atom is 0.0718 e. The van der Waals surface area contributed by atoms with Crippen molar-refractivity contribution < 1.29 is 0 Å². The molecule has 2 aromatic heterocycles. The minimum absolute atomic E-state index is 0.251. The highest BCUT2D eigenvalue weighted by Crippen LogP contribution is 2.29. The monoisotopic (exact) mass is 402 g/mol. The van der Waals surface area contributed by atoms with Gasteiger partial charge in [-0.2, -0.15) is 0 Å².